The van der Waals surface area contributed by atoms with Gasteiger partial charge in [-0.05, 0) is 93.5 Å². The van der Waals surface area contributed by atoms with Gasteiger partial charge in [-0.3, -0.25) is 92.3 Å². The lowest BCUT2D eigenvalue weighted by atomic mass is 10.0. The van der Waals surface area contributed by atoms with Crippen molar-refractivity contribution < 1.29 is 95.1 Å². The molecule has 8 atom stereocenters. The molecule has 2 fully saturated rings. The van der Waals surface area contributed by atoms with Crippen LogP contribution >= 0.6 is 0 Å². The number of amides is 13. The molecule has 0 aliphatic carbocycles. The molecular formula is C74H100N22O20S. The van der Waals surface area contributed by atoms with Crippen LogP contribution in [0, 0.1) is 10.8 Å². The molecule has 2 aliphatic heterocycles. The van der Waals surface area contributed by atoms with Crippen LogP contribution in [0.4, 0.5) is 0 Å². The smallest absolute Gasteiger partial charge is 0.305 e. The zero-order valence-electron chi connectivity index (χ0n) is 62.9. The third-order valence-corrected chi connectivity index (χ3v) is 18.4. The Labute approximate surface area is 672 Å². The number of unbranched alkanes of at least 4 members (excludes halogenated alkanes) is 2. The fourth-order valence-corrected chi connectivity index (χ4v) is 12.2. The van der Waals surface area contributed by atoms with E-state index in [4.69, 9.17) is 22.3 Å². The van der Waals surface area contributed by atoms with Gasteiger partial charge < -0.3 is 107 Å². The van der Waals surface area contributed by atoms with Crippen molar-refractivity contribution in [1.82, 2.24) is 90.2 Å². The number of benzene rings is 3. The van der Waals surface area contributed by atoms with E-state index in [1.165, 1.54) is 48.7 Å². The number of nitrogens with one attached hydrogen (secondary N) is 18. The van der Waals surface area contributed by atoms with Crippen LogP contribution in [0.15, 0.2) is 125 Å². The summed E-state index contributed by atoms with van der Waals surface area (Å²) >= 11 is 0. The Bertz CT molecular complexity index is 4370. The van der Waals surface area contributed by atoms with Crippen LogP contribution in [-0.2, 0) is 96.6 Å². The minimum absolute atomic E-state index is 0. The van der Waals surface area contributed by atoms with Gasteiger partial charge in [-0.2, -0.15) is 13.5 Å². The maximum atomic E-state index is 14.4. The first-order valence-corrected chi connectivity index (χ1v) is 38.2. The molecule has 0 bridgehead atoms. The van der Waals surface area contributed by atoms with Gasteiger partial charge in [-0.15, -0.1) is 0 Å². The fourth-order valence-electron chi connectivity index (χ4n) is 11.6. The van der Waals surface area contributed by atoms with Crippen LogP contribution in [0.5, 0.6) is 0 Å². The lowest BCUT2D eigenvalue weighted by Crippen LogP contribution is -2.58. The third kappa shape index (κ3) is 34.4. The van der Waals surface area contributed by atoms with Crippen molar-refractivity contribution in [3.63, 3.8) is 0 Å². The van der Waals surface area contributed by atoms with Crippen molar-refractivity contribution >= 4 is 117 Å². The summed E-state index contributed by atoms with van der Waals surface area (Å²) in [5, 5.41) is 76.2. The molecule has 43 heteroatoms. The van der Waals surface area contributed by atoms with Gasteiger partial charge in [0.25, 0.3) is 21.9 Å². The van der Waals surface area contributed by atoms with E-state index in [1.807, 2.05) is 0 Å². The highest BCUT2D eigenvalue weighted by Crippen LogP contribution is 2.16. The van der Waals surface area contributed by atoms with Gasteiger partial charge in [-0.25, -0.2) is 0 Å². The second-order valence-corrected chi connectivity index (χ2v) is 28.0. The first-order valence-electron chi connectivity index (χ1n) is 36.8. The number of pyridine rings is 1. The number of hydrogen-bond acceptors (Lipinski definition) is 22. The van der Waals surface area contributed by atoms with E-state index in [1.54, 1.807) is 60.7 Å². The average Bonchev–Trinajstić information content (AvgIpc) is 1.50. The summed E-state index contributed by atoms with van der Waals surface area (Å²) in [6, 6.07) is 12.8. The molecule has 2 saturated heterocycles. The molecule has 3 aromatic carbocycles. The quantitative estimate of drug-likeness (QED) is 0.00512. The molecule has 632 valence electrons. The Morgan fingerprint density at radius 2 is 1.03 bits per heavy atom. The Morgan fingerprint density at radius 1 is 0.556 bits per heavy atom. The number of rotatable bonds is 36. The average molecular weight is 1650 g/mol. The van der Waals surface area contributed by atoms with E-state index in [2.05, 4.69) is 95.3 Å². The van der Waals surface area contributed by atoms with Gasteiger partial charge in [0.1, 0.15) is 58.9 Å². The van der Waals surface area contributed by atoms with Crippen molar-refractivity contribution in [3.8, 4) is 0 Å². The largest absolute Gasteiger partial charge is 0.481 e. The summed E-state index contributed by atoms with van der Waals surface area (Å²) in [5.41, 5.74) is 14.5. The summed E-state index contributed by atoms with van der Waals surface area (Å²) in [6.45, 7) is -1.72. The van der Waals surface area contributed by atoms with Crippen LogP contribution in [0.3, 0.4) is 0 Å². The normalized spacial score (nSPS) is 19.3. The Balaban J connectivity index is 0.0000244. The van der Waals surface area contributed by atoms with Gasteiger partial charge in [0, 0.05) is 57.2 Å². The lowest BCUT2D eigenvalue weighted by molar-refractivity contribution is -0.141. The molecule has 3 heterocycles. The number of carbonyl (C=O) groups excluding carboxylic acids is 13. The number of allylic oxidation sites excluding steroid dienone is 1. The van der Waals surface area contributed by atoms with Crippen LogP contribution in [0.2, 0.25) is 0 Å². The maximum Gasteiger partial charge on any atom is 0.305 e. The highest BCUT2D eigenvalue weighted by Gasteiger charge is 2.36. The number of hydrazone groups is 1. The monoisotopic (exact) mass is 1650 g/mol. The lowest BCUT2D eigenvalue weighted by Gasteiger charge is -2.26. The van der Waals surface area contributed by atoms with Crippen LogP contribution in [0.25, 0.3) is 0 Å². The number of carboxylic acids is 2. The molecule has 0 radical (unpaired) electrons. The predicted octanol–water partition coefficient (Wildman–Crippen LogP) is -4.24. The Morgan fingerprint density at radius 3 is 1.56 bits per heavy atom. The first kappa shape index (κ1) is 94.1. The number of aliphatic carboxylic acids is 2. The minimum Gasteiger partial charge on any atom is -0.481 e. The summed E-state index contributed by atoms with van der Waals surface area (Å²) in [7, 11) is -4.58. The Hall–Kier alpha value is -13.5. The third-order valence-electron chi connectivity index (χ3n) is 17.5. The van der Waals surface area contributed by atoms with Gasteiger partial charge in [-0.1, -0.05) is 92.4 Å². The first-order chi connectivity index (χ1) is 55.3. The van der Waals surface area contributed by atoms with Crippen LogP contribution in [0.1, 0.15) is 124 Å². The summed E-state index contributed by atoms with van der Waals surface area (Å²) < 4.78 is 33.4. The molecule has 13 amide bonds. The molecule has 0 spiro atoms. The van der Waals surface area contributed by atoms with E-state index in [0.29, 0.717) is 16.8 Å². The van der Waals surface area contributed by atoms with Crippen molar-refractivity contribution in [2.24, 2.45) is 16.6 Å². The zero-order valence-corrected chi connectivity index (χ0v) is 63.7. The summed E-state index contributed by atoms with van der Waals surface area (Å²) in [5.74, 6) is -15.8. The van der Waals surface area contributed by atoms with E-state index >= 15 is 0 Å². The standard InChI is InChI=1S/C73H96N22O20S.CH4/c74-72(75)80-31-13-22-47-66(107)90-49(68(109)92-52(33-42-15-3-1-4-16-42)70(111)94-54(35-60(99)100)64(105)83-40-58(97)87-47)20-9-11-29-78-57(96)28-27-51(89-62(103)45-25-26-46(82-37-45)39-86-85-38-44-19-7-8-24-56(44)116(113,114)115)63(104)79-30-12-10-21-50-69(110)93-53(34-43-17-5-2-6-18-43)71(112)95-55(36-61(101)102)65(106)84-41-59(98)88-48(67(108)91-50)23-14-32-81-73(76)77;/h1-8,15-19,21,24-26,37-38,47-49,51-55,86H,9-14,20,22-23,27-36,39-41H2,(H,78,96)(H,79,104)(H,83,105)(H,84,106)(H,87,97)(H,88,98)(H,89,103)(H,90,107)(H,91,108)(H,92,109)(H,93,110)(H,94,111)(H,95,112)(H,99,100)(H,101,102)(H4,74,75,80)(H4,76,77,81)(H,113,114,115);1H4/b50-21+,85-38?;/t47-,48-,49+,51?,52+,53+,54+,55+;/m0./s1. The van der Waals surface area contributed by atoms with Gasteiger partial charge in [0.15, 0.2) is 11.9 Å². The van der Waals surface area contributed by atoms with E-state index in [9.17, 15) is 95.1 Å². The molecule has 1 unspecified atom stereocenters. The highest BCUT2D eigenvalue weighted by molar-refractivity contribution is 7.86. The van der Waals surface area contributed by atoms with Gasteiger partial charge in [0.2, 0.25) is 65.0 Å². The van der Waals surface area contributed by atoms with Crippen molar-refractivity contribution in [2.75, 3.05) is 39.3 Å². The van der Waals surface area contributed by atoms with Crippen molar-refractivity contribution in [3.05, 3.63) is 143 Å². The minimum atomic E-state index is -4.58. The number of carbonyl (C=O) groups is 15. The summed E-state index contributed by atoms with van der Waals surface area (Å²) in [4.78, 5) is 208. The van der Waals surface area contributed by atoms with Crippen LogP contribution < -0.4 is 96.6 Å². The number of guanidine groups is 2. The molecule has 1 aromatic heterocycles. The molecule has 6 rings (SSSR count). The highest BCUT2D eigenvalue weighted by atomic mass is 32.2. The number of carboxylic acid groups (broad SMARTS) is 2. The Kier molecular flexibility index (Phi) is 39.1. The molecule has 4 aromatic rings. The second-order valence-electron chi connectivity index (χ2n) is 26.6. The number of nitrogens with two attached hydrogens (primary N) is 2. The number of nitrogens with zero attached hydrogens (tertiary/aromatic N) is 2. The fraction of sp³-hybridized carbons (Fsp3) is 0.419. The van der Waals surface area contributed by atoms with Gasteiger partial charge >= 0.3 is 11.9 Å². The summed E-state index contributed by atoms with van der Waals surface area (Å²) in [6.07, 6.45) is 0.574. The molecule has 42 nitrogen and oxygen atoms in total. The van der Waals surface area contributed by atoms with E-state index in [0.717, 1.165) is 6.21 Å². The SMILES string of the molecule is C.N=C(N)NCCC[C@@H]1NC(=O)CNC(=O)[C@@H](CC(=O)O)NC(=O)[C@@H](Cc2ccccc2)NC(=O)/C(=C\CCCNC(=O)C(CCC(=O)NCCCC[C@H]2NC(=O)[C@H](CCCNC(=N)N)NC(=O)CNC(=O)[C@@H](CC(=O)O)NC(=O)[C@@H](Cc3ccccc3)NC2=O)NC(=O)c2ccc(CNN=Cc3ccccc3S(=O)(=O)O)nc2)NC1=O. The van der Waals surface area contributed by atoms with Crippen molar-refractivity contribution in [1.29, 1.82) is 10.8 Å². The van der Waals surface area contributed by atoms with Gasteiger partial charge in [0.05, 0.1) is 49.9 Å². The molecule has 25 N–H and O–H groups in total. The predicted molar refractivity (Wildman–Crippen MR) is 420 cm³/mol. The number of aromatic nitrogens is 1. The molecule has 0 saturated carbocycles. The molecular weight excluding hydrogens is 1550 g/mol. The maximum absolute atomic E-state index is 14.4. The van der Waals surface area contributed by atoms with Crippen molar-refractivity contribution in [2.45, 2.75) is 164 Å². The van der Waals surface area contributed by atoms with Crippen LogP contribution in [-0.4, -0.2) is 223 Å². The number of hydrogen-bond donors (Lipinski definition) is 23. The zero-order chi connectivity index (χ0) is 84.7. The van der Waals surface area contributed by atoms with E-state index < -0.39 is 191 Å². The second kappa shape index (κ2) is 48.6. The topological polar surface area (TPSA) is 668 Å². The molecule has 117 heavy (non-hydrogen) atoms. The van der Waals surface area contributed by atoms with E-state index in [-0.39, 0.29) is 139 Å². The molecule has 2 aliphatic rings.